The highest BCUT2D eigenvalue weighted by Gasteiger charge is 2.26. The normalized spacial score (nSPS) is 12.2. The van der Waals surface area contributed by atoms with Gasteiger partial charge in [-0.1, -0.05) is 0 Å². The summed E-state index contributed by atoms with van der Waals surface area (Å²) >= 11 is 0. The van der Waals surface area contributed by atoms with E-state index in [1.165, 1.54) is 17.8 Å². The van der Waals surface area contributed by atoms with E-state index >= 15 is 0 Å². The molecule has 1 amide bonds. The smallest absolute Gasteiger partial charge is 0.310 e. The Balaban J connectivity index is 3.20. The summed E-state index contributed by atoms with van der Waals surface area (Å²) in [5, 5.41) is 4.04. The Kier molecular flexibility index (Phi) is 5.35. The van der Waals surface area contributed by atoms with Crippen molar-refractivity contribution < 1.29 is 22.2 Å². The molecule has 0 fully saturated rings. The Morgan fingerprint density at radius 2 is 2.00 bits per heavy atom. The van der Waals surface area contributed by atoms with Gasteiger partial charge in [-0.15, -0.1) is 5.10 Å². The SMILES string of the molecule is CCONC(=O)c1cn(C(C)(C)C)nc1OS(=O)(=O)CC. The summed E-state index contributed by atoms with van der Waals surface area (Å²) in [4.78, 5) is 16.8. The minimum Gasteiger partial charge on any atom is -0.359 e. The number of nitrogens with one attached hydrogen (secondary N) is 1. The molecule has 0 radical (unpaired) electrons. The van der Waals surface area contributed by atoms with Crippen molar-refractivity contribution in [1.29, 1.82) is 0 Å². The lowest BCUT2D eigenvalue weighted by molar-refractivity contribution is 0.0363. The minimum absolute atomic E-state index is 0.00426. The first-order chi connectivity index (χ1) is 9.60. The van der Waals surface area contributed by atoms with Crippen LogP contribution in [0.25, 0.3) is 0 Å². The number of amides is 1. The zero-order valence-electron chi connectivity index (χ0n) is 12.8. The van der Waals surface area contributed by atoms with E-state index in [1.807, 2.05) is 20.8 Å². The average molecular weight is 319 g/mol. The highest BCUT2D eigenvalue weighted by atomic mass is 32.2. The second-order valence-corrected chi connectivity index (χ2v) is 7.12. The van der Waals surface area contributed by atoms with E-state index < -0.39 is 21.6 Å². The molecule has 21 heavy (non-hydrogen) atoms. The standard InChI is InChI=1S/C12H21N3O5S/c1-6-19-14-10(16)9-8-15(12(3,4)5)13-11(9)20-21(17,18)7-2/h8H,6-7H2,1-5H3,(H,14,16). The van der Waals surface area contributed by atoms with E-state index in [2.05, 4.69) is 10.6 Å². The Bertz CT molecular complexity index is 601. The van der Waals surface area contributed by atoms with Crippen LogP contribution in [0, 0.1) is 0 Å². The number of nitrogens with zero attached hydrogens (tertiary/aromatic N) is 2. The topological polar surface area (TPSA) is 99.5 Å². The summed E-state index contributed by atoms with van der Waals surface area (Å²) in [6.07, 6.45) is 1.43. The molecule has 1 aromatic heterocycles. The van der Waals surface area contributed by atoms with Gasteiger partial charge in [0.05, 0.1) is 17.9 Å². The molecule has 120 valence electrons. The van der Waals surface area contributed by atoms with Crippen LogP contribution in [0.1, 0.15) is 45.0 Å². The van der Waals surface area contributed by atoms with Crippen molar-refractivity contribution in [2.75, 3.05) is 12.4 Å². The molecule has 0 spiro atoms. The van der Waals surface area contributed by atoms with Crippen LogP contribution in [0.3, 0.4) is 0 Å². The second kappa shape index (κ2) is 6.44. The van der Waals surface area contributed by atoms with Crippen molar-refractivity contribution >= 4 is 16.0 Å². The zero-order chi connectivity index (χ0) is 16.3. The largest absolute Gasteiger partial charge is 0.359 e. The molecule has 1 heterocycles. The highest BCUT2D eigenvalue weighted by Crippen LogP contribution is 2.23. The van der Waals surface area contributed by atoms with Gasteiger partial charge in [0, 0.05) is 6.20 Å². The number of carbonyl (C=O) groups is 1. The highest BCUT2D eigenvalue weighted by molar-refractivity contribution is 7.87. The van der Waals surface area contributed by atoms with Crippen LogP contribution in [-0.4, -0.2) is 36.5 Å². The van der Waals surface area contributed by atoms with Gasteiger partial charge < -0.3 is 4.18 Å². The molecule has 0 bridgehead atoms. The quantitative estimate of drug-likeness (QED) is 0.621. The van der Waals surface area contributed by atoms with Gasteiger partial charge >= 0.3 is 10.1 Å². The van der Waals surface area contributed by atoms with Crippen LogP contribution in [0.4, 0.5) is 0 Å². The van der Waals surface area contributed by atoms with Crippen LogP contribution >= 0.6 is 0 Å². The predicted octanol–water partition coefficient (Wildman–Crippen LogP) is 1.05. The predicted molar refractivity (Wildman–Crippen MR) is 76.4 cm³/mol. The van der Waals surface area contributed by atoms with Crippen molar-refractivity contribution in [3.8, 4) is 5.88 Å². The molecule has 0 unspecified atom stereocenters. The maximum atomic E-state index is 12.0. The third-order valence-corrected chi connectivity index (χ3v) is 3.60. The molecule has 0 aromatic carbocycles. The van der Waals surface area contributed by atoms with Gasteiger partial charge in [-0.3, -0.25) is 14.3 Å². The van der Waals surface area contributed by atoms with Gasteiger partial charge in [-0.25, -0.2) is 5.48 Å². The first-order valence-corrected chi connectivity index (χ1v) is 8.13. The number of hydrogen-bond acceptors (Lipinski definition) is 6. The Morgan fingerprint density at radius 1 is 1.38 bits per heavy atom. The molecule has 0 aliphatic rings. The van der Waals surface area contributed by atoms with Gasteiger partial charge in [0.2, 0.25) is 0 Å². The van der Waals surface area contributed by atoms with Crippen molar-refractivity contribution in [2.45, 2.75) is 40.2 Å². The van der Waals surface area contributed by atoms with Gasteiger partial charge in [0.15, 0.2) is 0 Å². The molecule has 1 rings (SSSR count). The Hall–Kier alpha value is -1.61. The summed E-state index contributed by atoms with van der Waals surface area (Å²) in [5.41, 5.74) is 1.75. The molecule has 1 aromatic rings. The zero-order valence-corrected chi connectivity index (χ0v) is 13.7. The van der Waals surface area contributed by atoms with Crippen LogP contribution in [0.2, 0.25) is 0 Å². The summed E-state index contributed by atoms with van der Waals surface area (Å²) in [6, 6.07) is 0. The lowest BCUT2D eigenvalue weighted by Gasteiger charge is -2.18. The molecule has 9 heteroatoms. The molecule has 0 atom stereocenters. The molecule has 8 nitrogen and oxygen atoms in total. The van der Waals surface area contributed by atoms with E-state index in [4.69, 9.17) is 9.02 Å². The molecule has 0 saturated carbocycles. The van der Waals surface area contributed by atoms with Crippen molar-refractivity contribution in [3.63, 3.8) is 0 Å². The van der Waals surface area contributed by atoms with Crippen LogP contribution < -0.4 is 9.66 Å². The Labute approximate surface area is 124 Å². The fourth-order valence-corrected chi connectivity index (χ4v) is 1.77. The average Bonchev–Trinajstić information content (AvgIpc) is 2.79. The molecular formula is C12H21N3O5S. The maximum Gasteiger partial charge on any atom is 0.310 e. The summed E-state index contributed by atoms with van der Waals surface area (Å²) in [7, 11) is -3.78. The van der Waals surface area contributed by atoms with Crippen molar-refractivity contribution in [3.05, 3.63) is 11.8 Å². The van der Waals surface area contributed by atoms with Crippen LogP contribution in [-0.2, 0) is 20.5 Å². The van der Waals surface area contributed by atoms with Crippen molar-refractivity contribution in [2.24, 2.45) is 0 Å². The lowest BCUT2D eigenvalue weighted by atomic mass is 10.1. The van der Waals surface area contributed by atoms with E-state index in [1.54, 1.807) is 6.92 Å². The van der Waals surface area contributed by atoms with Crippen LogP contribution in [0.5, 0.6) is 5.88 Å². The maximum absolute atomic E-state index is 12.0. The van der Waals surface area contributed by atoms with Gasteiger partial charge in [-0.05, 0) is 34.6 Å². The third kappa shape index (κ3) is 4.71. The lowest BCUT2D eigenvalue weighted by Crippen LogP contribution is -2.24. The van der Waals surface area contributed by atoms with E-state index in [0.29, 0.717) is 0 Å². The van der Waals surface area contributed by atoms with Crippen LogP contribution in [0.15, 0.2) is 6.20 Å². The number of hydroxylamine groups is 1. The summed E-state index contributed by atoms with van der Waals surface area (Å²) in [6.45, 7) is 9.02. The first-order valence-electron chi connectivity index (χ1n) is 6.55. The van der Waals surface area contributed by atoms with E-state index in [-0.39, 0.29) is 23.8 Å². The first kappa shape index (κ1) is 17.4. The van der Waals surface area contributed by atoms with Crippen molar-refractivity contribution in [1.82, 2.24) is 15.3 Å². The van der Waals surface area contributed by atoms with Gasteiger partial charge in [0.1, 0.15) is 5.56 Å². The molecule has 0 saturated heterocycles. The molecular weight excluding hydrogens is 298 g/mol. The van der Waals surface area contributed by atoms with Gasteiger partial charge in [0.25, 0.3) is 11.8 Å². The Morgan fingerprint density at radius 3 is 2.48 bits per heavy atom. The summed E-state index contributed by atoms with van der Waals surface area (Å²) < 4.78 is 29.5. The van der Waals surface area contributed by atoms with Gasteiger partial charge in [-0.2, -0.15) is 8.42 Å². The van der Waals surface area contributed by atoms with E-state index in [0.717, 1.165) is 0 Å². The monoisotopic (exact) mass is 319 g/mol. The number of carbonyl (C=O) groups excluding carboxylic acids is 1. The number of aromatic nitrogens is 2. The fourth-order valence-electron chi connectivity index (χ4n) is 1.29. The fraction of sp³-hybridized carbons (Fsp3) is 0.667. The number of rotatable bonds is 6. The molecule has 0 aliphatic heterocycles. The molecule has 0 aliphatic carbocycles. The second-order valence-electron chi connectivity index (χ2n) is 5.26. The minimum atomic E-state index is -3.78. The molecule has 1 N–H and O–H groups in total. The number of hydrogen-bond donors (Lipinski definition) is 1. The third-order valence-electron chi connectivity index (χ3n) is 2.48. The van der Waals surface area contributed by atoms with E-state index in [9.17, 15) is 13.2 Å². The summed E-state index contributed by atoms with van der Waals surface area (Å²) in [5.74, 6) is -1.10.